The van der Waals surface area contributed by atoms with Gasteiger partial charge in [0.05, 0.1) is 21.1 Å². The van der Waals surface area contributed by atoms with E-state index in [4.69, 9.17) is 4.74 Å². The smallest absolute Gasteiger partial charge is 0.331 e. The largest absolute Gasteiger partial charge is 0.451 e. The molecule has 2 heterocycles. The van der Waals surface area contributed by atoms with Gasteiger partial charge in [-0.05, 0) is 37.3 Å². The zero-order valence-electron chi connectivity index (χ0n) is 14.4. The van der Waals surface area contributed by atoms with Crippen LogP contribution in [0.4, 0.5) is 0 Å². The number of aromatic nitrogens is 3. The first kappa shape index (κ1) is 17.1. The second-order valence-corrected chi connectivity index (χ2v) is 6.96. The third kappa shape index (κ3) is 3.63. The first-order chi connectivity index (χ1) is 13.1. The zero-order valence-corrected chi connectivity index (χ0v) is 15.2. The van der Waals surface area contributed by atoms with E-state index >= 15 is 0 Å². The predicted molar refractivity (Wildman–Crippen MR) is 106 cm³/mol. The monoisotopic (exact) mass is 377 g/mol. The standard InChI is InChI=1S/C20H15N3O3S/c1-12(19-22-14-7-3-2-6-13(14)20(25)23-19)26-18(24)11-10-17-21-15-8-4-5-9-16(15)27-17/h2-12H,1H3,(H,22,23,25)/b11-10+/t12-/m0/s1. The number of thiazole rings is 1. The molecule has 2 aromatic carbocycles. The van der Waals surface area contributed by atoms with Gasteiger partial charge in [0.15, 0.2) is 11.9 Å². The molecule has 0 aliphatic rings. The van der Waals surface area contributed by atoms with Crippen molar-refractivity contribution >= 4 is 44.5 Å². The lowest BCUT2D eigenvalue weighted by molar-refractivity contribution is -0.142. The number of nitrogens with zero attached hydrogens (tertiary/aromatic N) is 2. The number of esters is 1. The molecule has 1 N–H and O–H groups in total. The minimum atomic E-state index is -0.685. The van der Waals surface area contributed by atoms with E-state index in [1.165, 1.54) is 17.4 Å². The molecule has 2 aromatic heterocycles. The Hall–Kier alpha value is -3.32. The Morgan fingerprint density at radius 2 is 1.85 bits per heavy atom. The molecule has 0 spiro atoms. The average molecular weight is 377 g/mol. The number of benzene rings is 2. The van der Waals surface area contributed by atoms with Gasteiger partial charge in [0, 0.05) is 6.08 Å². The summed E-state index contributed by atoms with van der Waals surface area (Å²) >= 11 is 1.49. The van der Waals surface area contributed by atoms with Gasteiger partial charge in [0.1, 0.15) is 5.01 Å². The van der Waals surface area contributed by atoms with Crippen LogP contribution >= 0.6 is 11.3 Å². The summed E-state index contributed by atoms with van der Waals surface area (Å²) in [5.41, 5.74) is 1.19. The highest BCUT2D eigenvalue weighted by atomic mass is 32.1. The lowest BCUT2D eigenvalue weighted by Gasteiger charge is -2.11. The molecule has 134 valence electrons. The first-order valence-electron chi connectivity index (χ1n) is 8.33. The Morgan fingerprint density at radius 3 is 2.67 bits per heavy atom. The van der Waals surface area contributed by atoms with E-state index in [2.05, 4.69) is 15.0 Å². The fourth-order valence-corrected chi connectivity index (χ4v) is 3.54. The summed E-state index contributed by atoms with van der Waals surface area (Å²) < 4.78 is 6.41. The molecule has 7 heteroatoms. The summed E-state index contributed by atoms with van der Waals surface area (Å²) in [4.78, 5) is 35.7. The summed E-state index contributed by atoms with van der Waals surface area (Å²) in [5, 5.41) is 1.22. The molecule has 27 heavy (non-hydrogen) atoms. The van der Waals surface area contributed by atoms with Crippen LogP contribution in [0, 0.1) is 0 Å². The van der Waals surface area contributed by atoms with Crippen LogP contribution in [0.5, 0.6) is 0 Å². The number of nitrogens with one attached hydrogen (secondary N) is 1. The molecule has 0 saturated heterocycles. The van der Waals surface area contributed by atoms with E-state index in [9.17, 15) is 9.59 Å². The Labute approximate surface area is 158 Å². The van der Waals surface area contributed by atoms with Crippen molar-refractivity contribution in [2.24, 2.45) is 0 Å². The predicted octanol–water partition coefficient (Wildman–Crippen LogP) is 3.85. The van der Waals surface area contributed by atoms with Crippen molar-refractivity contribution in [2.45, 2.75) is 13.0 Å². The second-order valence-electron chi connectivity index (χ2n) is 5.90. The number of para-hydroxylation sites is 2. The number of rotatable bonds is 4. The van der Waals surface area contributed by atoms with Gasteiger partial charge in [-0.2, -0.15) is 0 Å². The van der Waals surface area contributed by atoms with E-state index in [1.807, 2.05) is 24.3 Å². The van der Waals surface area contributed by atoms with Crippen molar-refractivity contribution in [3.05, 3.63) is 75.8 Å². The SMILES string of the molecule is C[C@H](OC(=O)/C=C/c1nc2ccccc2s1)c1nc2ccccc2c(=O)[nH]1. The number of carbonyl (C=O) groups is 1. The maximum atomic E-state index is 12.1. The highest BCUT2D eigenvalue weighted by molar-refractivity contribution is 7.19. The van der Waals surface area contributed by atoms with Crippen LogP contribution in [0.15, 0.2) is 59.4 Å². The molecular weight excluding hydrogens is 362 g/mol. The van der Waals surface area contributed by atoms with Crippen molar-refractivity contribution in [1.29, 1.82) is 0 Å². The van der Waals surface area contributed by atoms with Crippen LogP contribution in [0.1, 0.15) is 23.9 Å². The van der Waals surface area contributed by atoms with Gasteiger partial charge >= 0.3 is 5.97 Å². The molecule has 0 amide bonds. The lowest BCUT2D eigenvalue weighted by Crippen LogP contribution is -2.16. The van der Waals surface area contributed by atoms with Crippen LogP contribution < -0.4 is 5.56 Å². The number of H-pyrrole nitrogens is 1. The number of hydrogen-bond donors (Lipinski definition) is 1. The third-order valence-electron chi connectivity index (χ3n) is 3.98. The number of carbonyl (C=O) groups excluding carboxylic acids is 1. The summed E-state index contributed by atoms with van der Waals surface area (Å²) in [6, 6.07) is 14.8. The molecule has 4 rings (SSSR count). The Kier molecular flexibility index (Phi) is 4.52. The summed E-state index contributed by atoms with van der Waals surface area (Å²) in [5.74, 6) is -0.224. The summed E-state index contributed by atoms with van der Waals surface area (Å²) in [6.07, 6.45) is 2.26. The normalized spacial score (nSPS) is 12.6. The topological polar surface area (TPSA) is 84.9 Å². The maximum Gasteiger partial charge on any atom is 0.331 e. The van der Waals surface area contributed by atoms with Gasteiger partial charge in [-0.25, -0.2) is 14.8 Å². The van der Waals surface area contributed by atoms with E-state index in [0.717, 1.165) is 15.2 Å². The molecule has 0 bridgehead atoms. The van der Waals surface area contributed by atoms with Gasteiger partial charge in [-0.1, -0.05) is 24.3 Å². The van der Waals surface area contributed by atoms with Gasteiger partial charge in [-0.3, -0.25) is 4.79 Å². The van der Waals surface area contributed by atoms with Crippen LogP contribution in [0.3, 0.4) is 0 Å². The number of aromatic amines is 1. The van der Waals surface area contributed by atoms with Crippen molar-refractivity contribution in [3.8, 4) is 0 Å². The van der Waals surface area contributed by atoms with Crippen LogP contribution in [0.25, 0.3) is 27.2 Å². The lowest BCUT2D eigenvalue weighted by atomic mass is 10.2. The van der Waals surface area contributed by atoms with Gasteiger partial charge in [0.2, 0.25) is 0 Å². The zero-order chi connectivity index (χ0) is 18.8. The highest BCUT2D eigenvalue weighted by Gasteiger charge is 2.14. The Bertz CT molecular complexity index is 1190. The van der Waals surface area contributed by atoms with Crippen molar-refractivity contribution < 1.29 is 9.53 Å². The fraction of sp³-hybridized carbons (Fsp3) is 0.100. The first-order valence-corrected chi connectivity index (χ1v) is 9.15. The molecule has 0 aliphatic carbocycles. The Balaban J connectivity index is 1.49. The number of ether oxygens (including phenoxy) is 1. The average Bonchev–Trinajstić information content (AvgIpc) is 3.09. The maximum absolute atomic E-state index is 12.1. The Morgan fingerprint density at radius 1 is 1.11 bits per heavy atom. The van der Waals surface area contributed by atoms with Crippen LogP contribution in [-0.4, -0.2) is 20.9 Å². The highest BCUT2D eigenvalue weighted by Crippen LogP contribution is 2.22. The quantitative estimate of drug-likeness (QED) is 0.431. The van der Waals surface area contributed by atoms with Crippen molar-refractivity contribution in [1.82, 2.24) is 15.0 Å². The number of hydrogen-bond acceptors (Lipinski definition) is 6. The summed E-state index contributed by atoms with van der Waals surface area (Å²) in [6.45, 7) is 1.66. The number of fused-ring (bicyclic) bond motifs is 2. The van der Waals surface area contributed by atoms with Gasteiger partial charge in [-0.15, -0.1) is 11.3 Å². The summed E-state index contributed by atoms with van der Waals surface area (Å²) in [7, 11) is 0. The molecule has 0 radical (unpaired) electrons. The van der Waals surface area contributed by atoms with Gasteiger partial charge < -0.3 is 9.72 Å². The molecular formula is C20H15N3O3S. The minimum Gasteiger partial charge on any atom is -0.451 e. The molecule has 6 nitrogen and oxygen atoms in total. The van der Waals surface area contributed by atoms with E-state index in [0.29, 0.717) is 16.7 Å². The van der Waals surface area contributed by atoms with Gasteiger partial charge in [0.25, 0.3) is 5.56 Å². The molecule has 0 unspecified atom stereocenters. The van der Waals surface area contributed by atoms with E-state index in [-0.39, 0.29) is 5.56 Å². The van der Waals surface area contributed by atoms with E-state index in [1.54, 1.807) is 37.3 Å². The van der Waals surface area contributed by atoms with Crippen molar-refractivity contribution in [3.63, 3.8) is 0 Å². The molecule has 0 aliphatic heterocycles. The second kappa shape index (κ2) is 7.13. The molecule has 1 atom stereocenters. The van der Waals surface area contributed by atoms with Crippen molar-refractivity contribution in [2.75, 3.05) is 0 Å². The fourth-order valence-electron chi connectivity index (χ4n) is 2.67. The minimum absolute atomic E-state index is 0.261. The van der Waals surface area contributed by atoms with Crippen LogP contribution in [-0.2, 0) is 9.53 Å². The van der Waals surface area contributed by atoms with E-state index < -0.39 is 12.1 Å². The molecule has 0 fully saturated rings. The van der Waals surface area contributed by atoms with Crippen LogP contribution in [0.2, 0.25) is 0 Å². The third-order valence-corrected chi connectivity index (χ3v) is 4.98. The molecule has 4 aromatic rings. The molecule has 0 saturated carbocycles.